The lowest BCUT2D eigenvalue weighted by molar-refractivity contribution is 0.0962. The van der Waals surface area contributed by atoms with Crippen molar-refractivity contribution in [1.82, 2.24) is 5.32 Å². The van der Waals surface area contributed by atoms with E-state index in [9.17, 15) is 14.0 Å². The fourth-order valence-corrected chi connectivity index (χ4v) is 3.95. The van der Waals surface area contributed by atoms with E-state index < -0.39 is 17.8 Å². The van der Waals surface area contributed by atoms with Crippen LogP contribution in [0.5, 0.6) is 11.5 Å². The maximum Gasteiger partial charge on any atom is 0.319 e. The molecule has 0 radical (unpaired) electrons. The van der Waals surface area contributed by atoms with E-state index in [2.05, 4.69) is 15.9 Å². The Labute approximate surface area is 204 Å². The summed E-state index contributed by atoms with van der Waals surface area (Å²) in [6.07, 6.45) is 0. The summed E-state index contributed by atoms with van der Waals surface area (Å²) in [5, 5.41) is 2.39. The number of primary amides is 1. The van der Waals surface area contributed by atoms with Crippen LogP contribution < -0.4 is 15.8 Å². The van der Waals surface area contributed by atoms with E-state index in [0.29, 0.717) is 15.2 Å². The number of halogens is 6. The number of urea groups is 1. The highest BCUT2D eigenvalue weighted by Crippen LogP contribution is 2.46. The van der Waals surface area contributed by atoms with E-state index in [1.54, 1.807) is 23.5 Å². The number of amides is 3. The third-order valence-corrected chi connectivity index (χ3v) is 6.02. The van der Waals surface area contributed by atoms with Crippen molar-refractivity contribution in [2.45, 2.75) is 0 Å². The largest absolute Gasteiger partial charge is 0.454 e. The monoisotopic (exact) mass is 564 g/mol. The molecule has 0 heterocycles. The Balaban J connectivity index is 2.01. The average molecular weight is 567 g/mol. The van der Waals surface area contributed by atoms with Crippen molar-refractivity contribution in [1.29, 1.82) is 0 Å². The number of benzene rings is 3. The van der Waals surface area contributed by atoms with Crippen LogP contribution in [0, 0.1) is 5.82 Å². The molecule has 0 aromatic heterocycles. The number of hydrogen-bond donors (Lipinski definition) is 2. The van der Waals surface area contributed by atoms with E-state index in [1.807, 2.05) is 0 Å². The van der Waals surface area contributed by atoms with Crippen LogP contribution in [0.15, 0.2) is 46.9 Å². The molecule has 0 aliphatic carbocycles. The first kappa shape index (κ1) is 23.6. The summed E-state index contributed by atoms with van der Waals surface area (Å²) in [6.45, 7) is 0. The average Bonchev–Trinajstić information content (AvgIpc) is 2.68. The summed E-state index contributed by atoms with van der Waals surface area (Å²) >= 11 is 28.5. The molecule has 5 nitrogen and oxygen atoms in total. The second-order valence-corrected chi connectivity index (χ2v) is 8.50. The van der Waals surface area contributed by atoms with Crippen molar-refractivity contribution in [3.63, 3.8) is 0 Å². The van der Waals surface area contributed by atoms with Crippen molar-refractivity contribution in [3.8, 4) is 22.6 Å². The molecular weight excluding hydrogens is 557 g/mol. The first-order valence-electron chi connectivity index (χ1n) is 8.29. The second-order valence-electron chi connectivity index (χ2n) is 6.05. The number of carbonyl (C=O) groups excluding carboxylic acids is 2. The van der Waals surface area contributed by atoms with E-state index in [4.69, 9.17) is 56.9 Å². The predicted octanol–water partition coefficient (Wildman–Crippen LogP) is 7.47. The zero-order valence-electron chi connectivity index (χ0n) is 15.1. The minimum atomic E-state index is -1.10. The lowest BCUT2D eigenvalue weighted by Crippen LogP contribution is -2.35. The van der Waals surface area contributed by atoms with Crippen molar-refractivity contribution in [3.05, 3.63) is 78.4 Å². The van der Waals surface area contributed by atoms with Crippen LogP contribution in [0.25, 0.3) is 11.1 Å². The van der Waals surface area contributed by atoms with Crippen molar-refractivity contribution in [2.75, 3.05) is 0 Å². The summed E-state index contributed by atoms with van der Waals surface area (Å²) in [5.74, 6) is -1.36. The molecule has 3 aromatic carbocycles. The van der Waals surface area contributed by atoms with Gasteiger partial charge in [-0.05, 0) is 45.8 Å². The predicted molar refractivity (Wildman–Crippen MR) is 123 cm³/mol. The standard InChI is InChI=1S/C20H10BrCl4FN2O3/c21-11-4-2-9(22)6-14(11)31-15-7-12(23)16(18(25)17(15)24)8-1-3-10(13(26)5-8)19(29)28-20(27)30/h1-7H,(H3,27,28,29,30). The molecule has 0 atom stereocenters. The minimum absolute atomic E-state index is 0.0102. The maximum atomic E-state index is 14.5. The van der Waals surface area contributed by atoms with Gasteiger partial charge in [-0.2, -0.15) is 0 Å². The number of nitrogens with two attached hydrogens (primary N) is 1. The van der Waals surface area contributed by atoms with Crippen molar-refractivity contribution < 1.29 is 18.7 Å². The number of ether oxygens (including phenoxy) is 1. The van der Waals surface area contributed by atoms with Gasteiger partial charge in [-0.3, -0.25) is 10.1 Å². The molecule has 3 amide bonds. The first-order valence-corrected chi connectivity index (χ1v) is 10.6. The Morgan fingerprint density at radius 2 is 1.68 bits per heavy atom. The van der Waals surface area contributed by atoms with Gasteiger partial charge in [0.2, 0.25) is 0 Å². The molecule has 3 aromatic rings. The zero-order valence-corrected chi connectivity index (χ0v) is 19.7. The van der Waals surface area contributed by atoms with Gasteiger partial charge in [0, 0.05) is 22.7 Å². The van der Waals surface area contributed by atoms with Gasteiger partial charge in [0.25, 0.3) is 5.91 Å². The van der Waals surface area contributed by atoms with Gasteiger partial charge in [0.1, 0.15) is 22.3 Å². The van der Waals surface area contributed by atoms with Gasteiger partial charge in [-0.15, -0.1) is 0 Å². The second kappa shape index (κ2) is 9.63. The molecule has 3 rings (SSSR count). The summed E-state index contributed by atoms with van der Waals surface area (Å²) in [7, 11) is 0. The molecule has 0 bridgehead atoms. The van der Waals surface area contributed by atoms with Crippen LogP contribution in [-0.2, 0) is 0 Å². The van der Waals surface area contributed by atoms with E-state index in [1.165, 1.54) is 12.1 Å². The van der Waals surface area contributed by atoms with Gasteiger partial charge < -0.3 is 10.5 Å². The van der Waals surface area contributed by atoms with E-state index in [-0.39, 0.29) is 37.5 Å². The summed E-state index contributed by atoms with van der Waals surface area (Å²) in [4.78, 5) is 22.6. The lowest BCUT2D eigenvalue weighted by atomic mass is 10.0. The van der Waals surface area contributed by atoms with Crippen LogP contribution in [0.3, 0.4) is 0 Å². The molecule has 0 fully saturated rings. The maximum absolute atomic E-state index is 14.5. The molecule has 0 spiro atoms. The summed E-state index contributed by atoms with van der Waals surface area (Å²) in [6, 6.07) is 8.86. The van der Waals surface area contributed by atoms with Crippen LogP contribution in [-0.4, -0.2) is 11.9 Å². The molecule has 31 heavy (non-hydrogen) atoms. The van der Waals surface area contributed by atoms with Gasteiger partial charge in [0.05, 0.1) is 20.1 Å². The molecule has 0 unspecified atom stereocenters. The molecule has 0 aliphatic rings. The molecule has 11 heteroatoms. The molecule has 0 saturated carbocycles. The Kier molecular flexibility index (Phi) is 7.34. The summed E-state index contributed by atoms with van der Waals surface area (Å²) in [5.41, 5.74) is 4.98. The van der Waals surface area contributed by atoms with Crippen LogP contribution in [0.4, 0.5) is 9.18 Å². The topological polar surface area (TPSA) is 81.4 Å². The van der Waals surface area contributed by atoms with Crippen LogP contribution >= 0.6 is 62.3 Å². The Bertz CT molecular complexity index is 1220. The zero-order chi connectivity index (χ0) is 22.9. The SMILES string of the molecule is NC(=O)NC(=O)c1ccc(-c2c(Cl)cc(Oc3cc(Cl)ccc3Br)c(Cl)c2Cl)cc1F. The normalized spacial score (nSPS) is 10.6. The highest BCUT2D eigenvalue weighted by Gasteiger charge is 2.21. The minimum Gasteiger partial charge on any atom is -0.454 e. The molecular formula is C20H10BrCl4FN2O3. The van der Waals surface area contributed by atoms with Gasteiger partial charge >= 0.3 is 6.03 Å². The quantitative estimate of drug-likeness (QED) is 0.321. The van der Waals surface area contributed by atoms with Crippen molar-refractivity contribution >= 4 is 74.3 Å². The number of rotatable bonds is 4. The Hall–Kier alpha value is -2.03. The fraction of sp³-hybridized carbons (Fsp3) is 0. The first-order chi connectivity index (χ1) is 14.6. The lowest BCUT2D eigenvalue weighted by Gasteiger charge is -2.15. The van der Waals surface area contributed by atoms with Gasteiger partial charge in [-0.1, -0.05) is 52.5 Å². The number of hydrogen-bond acceptors (Lipinski definition) is 3. The van der Waals surface area contributed by atoms with Gasteiger partial charge in [0.15, 0.2) is 0 Å². The molecule has 0 saturated heterocycles. The number of carbonyl (C=O) groups is 2. The number of nitrogens with one attached hydrogen (secondary N) is 1. The van der Waals surface area contributed by atoms with Crippen molar-refractivity contribution in [2.24, 2.45) is 5.73 Å². The Morgan fingerprint density at radius 3 is 2.32 bits per heavy atom. The third kappa shape index (κ3) is 5.25. The van der Waals surface area contributed by atoms with Crippen LogP contribution in [0.2, 0.25) is 20.1 Å². The smallest absolute Gasteiger partial charge is 0.319 e. The molecule has 3 N–H and O–H groups in total. The Morgan fingerprint density at radius 1 is 0.968 bits per heavy atom. The molecule has 160 valence electrons. The fourth-order valence-electron chi connectivity index (χ4n) is 2.62. The summed E-state index contributed by atoms with van der Waals surface area (Å²) < 4.78 is 20.9. The van der Waals surface area contributed by atoms with Gasteiger partial charge in [-0.25, -0.2) is 9.18 Å². The number of imide groups is 1. The highest BCUT2D eigenvalue weighted by atomic mass is 79.9. The third-order valence-electron chi connectivity index (χ3n) is 3.98. The molecule has 0 aliphatic heterocycles. The van der Waals surface area contributed by atoms with E-state index >= 15 is 0 Å². The van der Waals surface area contributed by atoms with E-state index in [0.717, 1.165) is 12.1 Å². The van der Waals surface area contributed by atoms with Crippen LogP contribution in [0.1, 0.15) is 10.4 Å². The highest BCUT2D eigenvalue weighted by molar-refractivity contribution is 9.10.